The third-order valence-corrected chi connectivity index (χ3v) is 10.1. The summed E-state index contributed by atoms with van der Waals surface area (Å²) in [6, 6.07) is 28.3. The van der Waals surface area contributed by atoms with Crippen LogP contribution in [0.4, 0.5) is 0 Å². The Morgan fingerprint density at radius 3 is 1.11 bits per heavy atom. The van der Waals surface area contributed by atoms with Crippen molar-refractivity contribution in [3.63, 3.8) is 0 Å². The van der Waals surface area contributed by atoms with Gasteiger partial charge in [0, 0.05) is 0 Å². The van der Waals surface area contributed by atoms with E-state index in [1.165, 1.54) is 55.2 Å². The molecule has 0 bridgehead atoms. The van der Waals surface area contributed by atoms with Crippen molar-refractivity contribution >= 4 is 27.7 Å². The van der Waals surface area contributed by atoms with Crippen LogP contribution in [0.25, 0.3) is 0 Å². The molecular formula is C27H33As. The molecule has 0 fully saturated rings. The molecule has 0 aliphatic heterocycles. The average molecular weight is 432 g/mol. The van der Waals surface area contributed by atoms with Crippen molar-refractivity contribution in [1.82, 2.24) is 0 Å². The molecule has 0 N–H and O–H groups in total. The maximum absolute atomic E-state index is 2.49. The van der Waals surface area contributed by atoms with E-state index in [-0.39, 0.29) is 0 Å². The van der Waals surface area contributed by atoms with E-state index in [4.69, 9.17) is 0 Å². The van der Waals surface area contributed by atoms with Crippen LogP contribution in [0.2, 0.25) is 0 Å². The Bertz CT molecular complexity index is 763. The van der Waals surface area contributed by atoms with E-state index >= 15 is 0 Å². The molecule has 0 unspecified atom stereocenters. The summed E-state index contributed by atoms with van der Waals surface area (Å²) >= 11 is -1.56. The van der Waals surface area contributed by atoms with E-state index < -0.39 is 14.7 Å². The third-order valence-electron chi connectivity index (χ3n) is 5.12. The van der Waals surface area contributed by atoms with Crippen LogP contribution in [0.3, 0.4) is 0 Å². The zero-order valence-corrected chi connectivity index (χ0v) is 19.5. The Morgan fingerprint density at radius 1 is 0.500 bits per heavy atom. The standard InChI is InChI=1S/C27H33As/c1-4-10-22-13-7-16-25(19-22)28(26-17-8-14-23(20-26)11-5-2)27-18-9-15-24(21-27)12-6-3/h7-9,13-21H,4-6,10-12H2,1-3H3. The average Bonchev–Trinajstić information content (AvgIpc) is 2.70. The molecule has 0 amide bonds. The van der Waals surface area contributed by atoms with E-state index in [1.54, 1.807) is 13.1 Å². The number of rotatable bonds is 9. The van der Waals surface area contributed by atoms with Gasteiger partial charge in [-0.2, -0.15) is 0 Å². The van der Waals surface area contributed by atoms with E-state index in [9.17, 15) is 0 Å². The molecule has 0 radical (unpaired) electrons. The molecule has 0 aromatic heterocycles. The second-order valence-electron chi connectivity index (χ2n) is 7.60. The van der Waals surface area contributed by atoms with Crippen molar-refractivity contribution in [3.8, 4) is 0 Å². The van der Waals surface area contributed by atoms with Gasteiger partial charge in [0.05, 0.1) is 0 Å². The second-order valence-corrected chi connectivity index (χ2v) is 12.3. The summed E-state index contributed by atoms with van der Waals surface area (Å²) in [5, 5.41) is 0. The van der Waals surface area contributed by atoms with Crippen molar-refractivity contribution in [2.45, 2.75) is 59.3 Å². The zero-order chi connectivity index (χ0) is 19.8. The summed E-state index contributed by atoms with van der Waals surface area (Å²) in [7, 11) is 0. The molecule has 3 aromatic carbocycles. The van der Waals surface area contributed by atoms with Gasteiger partial charge in [-0.25, -0.2) is 0 Å². The topological polar surface area (TPSA) is 0 Å². The van der Waals surface area contributed by atoms with E-state index in [2.05, 4.69) is 93.6 Å². The van der Waals surface area contributed by atoms with Gasteiger partial charge < -0.3 is 0 Å². The third kappa shape index (κ3) is 5.39. The fraction of sp³-hybridized carbons (Fsp3) is 0.333. The van der Waals surface area contributed by atoms with Gasteiger partial charge in [-0.05, 0) is 0 Å². The quantitative estimate of drug-likeness (QED) is 0.415. The molecule has 3 rings (SSSR count). The Hall–Kier alpha value is -1.78. The van der Waals surface area contributed by atoms with Gasteiger partial charge in [-0.3, -0.25) is 0 Å². The van der Waals surface area contributed by atoms with Gasteiger partial charge >= 0.3 is 176 Å². The van der Waals surface area contributed by atoms with Crippen molar-refractivity contribution in [2.24, 2.45) is 0 Å². The number of hydrogen-bond acceptors (Lipinski definition) is 0. The number of benzene rings is 3. The summed E-state index contributed by atoms with van der Waals surface area (Å²) in [5.41, 5.74) is 4.44. The van der Waals surface area contributed by atoms with Crippen LogP contribution in [-0.2, 0) is 19.3 Å². The van der Waals surface area contributed by atoms with Crippen LogP contribution in [0.5, 0.6) is 0 Å². The predicted molar refractivity (Wildman–Crippen MR) is 126 cm³/mol. The van der Waals surface area contributed by atoms with Crippen LogP contribution >= 0.6 is 0 Å². The summed E-state index contributed by atoms with van der Waals surface area (Å²) in [4.78, 5) is 0. The molecule has 146 valence electrons. The fourth-order valence-corrected chi connectivity index (χ4v) is 9.08. The molecule has 0 atom stereocenters. The van der Waals surface area contributed by atoms with Gasteiger partial charge in [0.2, 0.25) is 0 Å². The normalized spacial score (nSPS) is 11.1. The molecule has 0 saturated carbocycles. The zero-order valence-electron chi connectivity index (χ0n) is 17.6. The predicted octanol–water partition coefficient (Wildman–Crippen LogP) is 5.06. The van der Waals surface area contributed by atoms with Gasteiger partial charge in [-0.1, -0.05) is 0 Å². The summed E-state index contributed by atoms with van der Waals surface area (Å²) < 4.78 is 4.67. The number of aryl methyl sites for hydroxylation is 3. The van der Waals surface area contributed by atoms with Crippen LogP contribution in [0.15, 0.2) is 72.8 Å². The van der Waals surface area contributed by atoms with E-state index in [0.29, 0.717) is 0 Å². The van der Waals surface area contributed by atoms with Crippen LogP contribution < -0.4 is 13.1 Å². The Labute approximate surface area is 176 Å². The first-order valence-corrected chi connectivity index (χ1v) is 13.6. The van der Waals surface area contributed by atoms with Gasteiger partial charge in [0.25, 0.3) is 0 Å². The molecule has 0 saturated heterocycles. The van der Waals surface area contributed by atoms with Crippen LogP contribution in [0.1, 0.15) is 56.7 Å². The molecule has 28 heavy (non-hydrogen) atoms. The van der Waals surface area contributed by atoms with Gasteiger partial charge in [0.1, 0.15) is 0 Å². The van der Waals surface area contributed by atoms with E-state index in [0.717, 1.165) is 0 Å². The molecule has 1 heteroatoms. The van der Waals surface area contributed by atoms with Crippen molar-refractivity contribution in [2.75, 3.05) is 0 Å². The molecule has 3 aromatic rings. The molecule has 0 nitrogen and oxygen atoms in total. The van der Waals surface area contributed by atoms with E-state index in [1.807, 2.05) is 0 Å². The summed E-state index contributed by atoms with van der Waals surface area (Å²) in [6.45, 7) is 6.81. The second kappa shape index (κ2) is 10.7. The van der Waals surface area contributed by atoms with Crippen molar-refractivity contribution < 1.29 is 0 Å². The summed E-state index contributed by atoms with van der Waals surface area (Å²) in [5.74, 6) is 0. The molecule has 0 spiro atoms. The van der Waals surface area contributed by atoms with Crippen LogP contribution in [-0.4, -0.2) is 14.7 Å². The first-order valence-electron chi connectivity index (χ1n) is 10.8. The SMILES string of the molecule is CCCc1cccc([As](c2cccc(CCC)c2)c2cccc(CCC)c2)c1. The van der Waals surface area contributed by atoms with Crippen molar-refractivity contribution in [1.29, 1.82) is 0 Å². The number of hydrogen-bond donors (Lipinski definition) is 0. The van der Waals surface area contributed by atoms with Crippen LogP contribution in [0, 0.1) is 0 Å². The Balaban J connectivity index is 2.10. The summed E-state index contributed by atoms with van der Waals surface area (Å²) in [6.07, 6.45) is 7.11. The minimum absolute atomic E-state index is 1.17. The molecule has 0 heterocycles. The molecular weight excluding hydrogens is 399 g/mol. The van der Waals surface area contributed by atoms with Crippen molar-refractivity contribution in [3.05, 3.63) is 89.5 Å². The molecule has 0 aliphatic carbocycles. The maximum atomic E-state index is 2.49. The first kappa shape index (κ1) is 20.9. The van der Waals surface area contributed by atoms with Gasteiger partial charge in [0.15, 0.2) is 0 Å². The minimum atomic E-state index is -1.56. The fourth-order valence-electron chi connectivity index (χ4n) is 3.87. The first-order chi connectivity index (χ1) is 13.7. The Kier molecular flexibility index (Phi) is 7.99. The van der Waals surface area contributed by atoms with Gasteiger partial charge in [-0.15, -0.1) is 0 Å². The molecule has 0 aliphatic rings. The monoisotopic (exact) mass is 432 g/mol. The Morgan fingerprint density at radius 2 is 0.821 bits per heavy atom.